The van der Waals surface area contributed by atoms with Crippen LogP contribution in [0.3, 0.4) is 0 Å². The molecule has 0 aliphatic carbocycles. The number of nitrogens with zero attached hydrogens (tertiary/aromatic N) is 2. The highest BCUT2D eigenvalue weighted by Crippen LogP contribution is 2.15. The Morgan fingerprint density at radius 3 is 2.74 bits per heavy atom. The maximum absolute atomic E-state index is 11.8. The van der Waals surface area contributed by atoms with Crippen molar-refractivity contribution in [1.82, 2.24) is 10.1 Å². The maximum atomic E-state index is 11.8. The summed E-state index contributed by atoms with van der Waals surface area (Å²) in [5.74, 6) is 0.131. The summed E-state index contributed by atoms with van der Waals surface area (Å²) in [5.41, 5.74) is 5.72. The Kier molecular flexibility index (Phi) is 6.19. The van der Waals surface area contributed by atoms with Crippen LogP contribution in [0.25, 0.3) is 0 Å². The van der Waals surface area contributed by atoms with Gasteiger partial charge in [0.05, 0.1) is 12.6 Å². The fourth-order valence-electron chi connectivity index (χ4n) is 1.16. The van der Waals surface area contributed by atoms with Gasteiger partial charge in [-0.2, -0.15) is 18.2 Å². The molecule has 0 fully saturated rings. The summed E-state index contributed by atoms with van der Waals surface area (Å²) in [7, 11) is 0. The molecule has 0 aliphatic rings. The second-order valence-corrected chi connectivity index (χ2v) is 3.84. The van der Waals surface area contributed by atoms with E-state index in [9.17, 15) is 13.2 Å². The molecule has 0 amide bonds. The van der Waals surface area contributed by atoms with E-state index in [4.69, 9.17) is 15.0 Å². The van der Waals surface area contributed by atoms with Crippen molar-refractivity contribution in [1.29, 1.82) is 0 Å². The van der Waals surface area contributed by atoms with Gasteiger partial charge in [0.15, 0.2) is 5.82 Å². The second-order valence-electron chi connectivity index (χ2n) is 3.84. The summed E-state index contributed by atoms with van der Waals surface area (Å²) < 4.78 is 49.8. The van der Waals surface area contributed by atoms with Crippen molar-refractivity contribution in [2.75, 3.05) is 19.8 Å². The van der Waals surface area contributed by atoms with Gasteiger partial charge in [0.1, 0.15) is 13.2 Å². The van der Waals surface area contributed by atoms with Gasteiger partial charge in [-0.25, -0.2) is 0 Å². The van der Waals surface area contributed by atoms with Gasteiger partial charge < -0.3 is 19.7 Å². The van der Waals surface area contributed by atoms with Crippen LogP contribution in [0, 0.1) is 0 Å². The third-order valence-electron chi connectivity index (χ3n) is 1.95. The van der Waals surface area contributed by atoms with Crippen LogP contribution >= 0.6 is 0 Å². The van der Waals surface area contributed by atoms with E-state index in [1.54, 1.807) is 0 Å². The molecular weight excluding hydrogens is 267 g/mol. The summed E-state index contributed by atoms with van der Waals surface area (Å²) in [6, 6.07) is -0.577. The fourth-order valence-corrected chi connectivity index (χ4v) is 1.16. The minimum absolute atomic E-state index is 0.0507. The minimum atomic E-state index is -4.38. The molecule has 0 radical (unpaired) electrons. The SMILES string of the molecule is CCCOCC(N)c1noc(COCC(F)(F)F)n1. The molecule has 0 spiro atoms. The topological polar surface area (TPSA) is 83.4 Å². The average molecular weight is 283 g/mol. The summed E-state index contributed by atoms with van der Waals surface area (Å²) in [6.07, 6.45) is -3.53. The summed E-state index contributed by atoms with van der Waals surface area (Å²) in [6.45, 7) is 0.963. The van der Waals surface area contributed by atoms with Crippen LogP contribution in [0.15, 0.2) is 4.52 Å². The Morgan fingerprint density at radius 2 is 2.11 bits per heavy atom. The van der Waals surface area contributed by atoms with E-state index in [2.05, 4.69) is 14.9 Å². The zero-order chi connectivity index (χ0) is 14.3. The number of ether oxygens (including phenoxy) is 2. The van der Waals surface area contributed by atoms with Crippen LogP contribution in [0.1, 0.15) is 31.1 Å². The maximum Gasteiger partial charge on any atom is 0.411 e. The predicted molar refractivity (Wildman–Crippen MR) is 58.0 cm³/mol. The summed E-state index contributed by atoms with van der Waals surface area (Å²) in [4.78, 5) is 3.83. The molecule has 0 aromatic carbocycles. The molecule has 19 heavy (non-hydrogen) atoms. The average Bonchev–Trinajstić information content (AvgIpc) is 2.76. The Balaban J connectivity index is 2.35. The normalized spacial score (nSPS) is 13.7. The molecule has 1 aromatic heterocycles. The number of halogens is 3. The third kappa shape index (κ3) is 6.50. The van der Waals surface area contributed by atoms with Gasteiger partial charge >= 0.3 is 6.18 Å². The van der Waals surface area contributed by atoms with Gasteiger partial charge in [-0.1, -0.05) is 12.1 Å². The molecule has 1 unspecified atom stereocenters. The standard InChI is InChI=1S/C10H16F3N3O3/c1-2-3-17-4-7(14)9-15-8(19-16-9)5-18-6-10(11,12)13/h7H,2-6,14H2,1H3. The number of rotatable bonds is 8. The molecule has 1 rings (SSSR count). The molecule has 1 atom stereocenters. The minimum Gasteiger partial charge on any atom is -0.379 e. The number of aromatic nitrogens is 2. The lowest BCUT2D eigenvalue weighted by Crippen LogP contribution is -2.19. The van der Waals surface area contributed by atoms with Crippen LogP contribution in [-0.4, -0.2) is 36.1 Å². The first-order chi connectivity index (χ1) is 8.92. The van der Waals surface area contributed by atoms with E-state index >= 15 is 0 Å². The van der Waals surface area contributed by atoms with Crippen LogP contribution < -0.4 is 5.73 Å². The monoisotopic (exact) mass is 283 g/mol. The molecule has 0 aliphatic heterocycles. The Morgan fingerprint density at radius 1 is 1.37 bits per heavy atom. The zero-order valence-electron chi connectivity index (χ0n) is 10.4. The highest BCUT2D eigenvalue weighted by Gasteiger charge is 2.27. The molecule has 1 aromatic rings. The van der Waals surface area contributed by atoms with Crippen molar-refractivity contribution in [3.8, 4) is 0 Å². The van der Waals surface area contributed by atoms with Crippen LogP contribution in [0.5, 0.6) is 0 Å². The zero-order valence-corrected chi connectivity index (χ0v) is 10.4. The molecular formula is C10H16F3N3O3. The van der Waals surface area contributed by atoms with E-state index in [0.717, 1.165) is 6.42 Å². The summed E-state index contributed by atoms with van der Waals surface area (Å²) >= 11 is 0. The number of alkyl halides is 3. The van der Waals surface area contributed by atoms with E-state index in [1.807, 2.05) is 6.92 Å². The first-order valence-electron chi connectivity index (χ1n) is 5.72. The van der Waals surface area contributed by atoms with Gasteiger partial charge in [-0.15, -0.1) is 0 Å². The second kappa shape index (κ2) is 7.41. The van der Waals surface area contributed by atoms with Gasteiger partial charge in [0.2, 0.25) is 0 Å². The van der Waals surface area contributed by atoms with Gasteiger partial charge in [-0.05, 0) is 6.42 Å². The van der Waals surface area contributed by atoms with Gasteiger partial charge in [-0.3, -0.25) is 0 Å². The quantitative estimate of drug-likeness (QED) is 0.729. The molecule has 9 heteroatoms. The number of hydrogen-bond donors (Lipinski definition) is 1. The smallest absolute Gasteiger partial charge is 0.379 e. The summed E-state index contributed by atoms with van der Waals surface area (Å²) in [5, 5.41) is 3.56. The Bertz CT molecular complexity index is 370. The highest BCUT2D eigenvalue weighted by molar-refractivity contribution is 4.92. The largest absolute Gasteiger partial charge is 0.411 e. The van der Waals surface area contributed by atoms with Gasteiger partial charge in [0.25, 0.3) is 5.89 Å². The van der Waals surface area contributed by atoms with Crippen LogP contribution in [0.2, 0.25) is 0 Å². The van der Waals surface area contributed by atoms with Crippen LogP contribution in [0.4, 0.5) is 13.2 Å². The lowest BCUT2D eigenvalue weighted by Gasteiger charge is -2.06. The highest BCUT2D eigenvalue weighted by atomic mass is 19.4. The van der Waals surface area contributed by atoms with E-state index in [1.165, 1.54) is 0 Å². The van der Waals surface area contributed by atoms with Crippen molar-refractivity contribution in [3.63, 3.8) is 0 Å². The van der Waals surface area contributed by atoms with Crippen molar-refractivity contribution in [3.05, 3.63) is 11.7 Å². The van der Waals surface area contributed by atoms with Crippen LogP contribution in [-0.2, 0) is 16.1 Å². The first kappa shape index (κ1) is 15.9. The number of hydrogen-bond acceptors (Lipinski definition) is 6. The van der Waals surface area contributed by atoms with Crippen molar-refractivity contribution in [2.45, 2.75) is 32.2 Å². The predicted octanol–water partition coefficient (Wildman–Crippen LogP) is 1.57. The van der Waals surface area contributed by atoms with E-state index in [-0.39, 0.29) is 18.3 Å². The lowest BCUT2D eigenvalue weighted by atomic mass is 10.3. The molecule has 1 heterocycles. The lowest BCUT2D eigenvalue weighted by molar-refractivity contribution is -0.178. The Hall–Kier alpha value is -1.19. The first-order valence-corrected chi connectivity index (χ1v) is 5.72. The van der Waals surface area contributed by atoms with Crippen molar-refractivity contribution >= 4 is 0 Å². The van der Waals surface area contributed by atoms with Crippen molar-refractivity contribution in [2.24, 2.45) is 5.73 Å². The number of nitrogens with two attached hydrogens (primary N) is 1. The third-order valence-corrected chi connectivity index (χ3v) is 1.95. The molecule has 110 valence electrons. The van der Waals surface area contributed by atoms with E-state index in [0.29, 0.717) is 6.61 Å². The molecule has 6 nitrogen and oxygen atoms in total. The van der Waals surface area contributed by atoms with E-state index < -0.39 is 25.4 Å². The van der Waals surface area contributed by atoms with Crippen molar-refractivity contribution < 1.29 is 27.2 Å². The molecule has 0 saturated carbocycles. The molecule has 2 N–H and O–H groups in total. The molecule has 0 bridgehead atoms. The fraction of sp³-hybridized carbons (Fsp3) is 0.800. The Labute approximate surface area is 108 Å². The van der Waals surface area contributed by atoms with Gasteiger partial charge in [0, 0.05) is 6.61 Å². The molecule has 0 saturated heterocycles.